The molecule has 0 radical (unpaired) electrons. The van der Waals surface area contributed by atoms with Gasteiger partial charge < -0.3 is 20.6 Å². The lowest BCUT2D eigenvalue weighted by Crippen LogP contribution is -2.42. The summed E-state index contributed by atoms with van der Waals surface area (Å²) in [6.07, 6.45) is 11.7. The predicted molar refractivity (Wildman–Crippen MR) is 111 cm³/mol. The molecule has 0 heterocycles. The summed E-state index contributed by atoms with van der Waals surface area (Å²) < 4.78 is 0. The molecule has 0 saturated carbocycles. The quantitative estimate of drug-likeness (QED) is 0.334. The molecule has 1 aliphatic rings. The average Bonchev–Trinajstić information content (AvgIpc) is 2.55. The number of aliphatic hydroxyl groups excluding tert-OH is 1. The summed E-state index contributed by atoms with van der Waals surface area (Å²) in [4.78, 5) is 0. The molecule has 0 saturated heterocycles. The van der Waals surface area contributed by atoms with Gasteiger partial charge in [0.05, 0.1) is 0 Å². The highest BCUT2D eigenvalue weighted by molar-refractivity contribution is 5.37. The Kier molecular flexibility index (Phi) is 13.1. The van der Waals surface area contributed by atoms with Crippen molar-refractivity contribution in [3.63, 3.8) is 0 Å². The summed E-state index contributed by atoms with van der Waals surface area (Å²) in [6, 6.07) is 0. The van der Waals surface area contributed by atoms with E-state index in [0.29, 0.717) is 5.70 Å². The Bertz CT molecular complexity index is 616. The Balaban J connectivity index is 0. The van der Waals surface area contributed by atoms with Gasteiger partial charge in [-0.3, -0.25) is 0 Å². The number of hydrogen-bond donors (Lipinski definition) is 4. The van der Waals surface area contributed by atoms with Gasteiger partial charge in [-0.1, -0.05) is 64.0 Å². The van der Waals surface area contributed by atoms with Gasteiger partial charge in [0.2, 0.25) is 0 Å². The van der Waals surface area contributed by atoms with Gasteiger partial charge in [-0.2, -0.15) is 0 Å². The van der Waals surface area contributed by atoms with E-state index in [2.05, 4.69) is 17.2 Å². The molecule has 0 aromatic rings. The lowest BCUT2D eigenvalue weighted by Gasteiger charge is -2.22. The molecule has 0 unspecified atom stereocenters. The van der Waals surface area contributed by atoms with Gasteiger partial charge in [0.1, 0.15) is 0 Å². The summed E-state index contributed by atoms with van der Waals surface area (Å²) in [6.45, 7) is 15.5. The van der Waals surface area contributed by atoms with Crippen molar-refractivity contribution in [1.82, 2.24) is 5.32 Å². The van der Waals surface area contributed by atoms with Crippen molar-refractivity contribution in [2.75, 3.05) is 0 Å². The second kappa shape index (κ2) is 13.0. The molecule has 0 bridgehead atoms. The third-order valence-corrected chi connectivity index (χ3v) is 2.59. The third kappa shape index (κ3) is 13.1. The predicted octanol–water partition coefficient (Wildman–Crippen LogP) is 4.71. The van der Waals surface area contributed by atoms with Crippen LogP contribution in [0.1, 0.15) is 55.4 Å². The van der Waals surface area contributed by atoms with Gasteiger partial charge in [-0.15, -0.1) is 0 Å². The Hall–Kier alpha value is -2.22. The molecule has 4 nitrogen and oxygen atoms in total. The first kappa shape index (κ1) is 26.0. The molecule has 0 aromatic heterocycles. The number of aliphatic hydroxyl groups is 3. The highest BCUT2D eigenvalue weighted by Gasteiger charge is 2.22. The van der Waals surface area contributed by atoms with E-state index in [1.807, 2.05) is 79.7 Å². The molecule has 0 aromatic carbocycles. The first-order chi connectivity index (χ1) is 12.1. The molecule has 4 N–H and O–H groups in total. The van der Waals surface area contributed by atoms with Crippen LogP contribution in [0.2, 0.25) is 0 Å². The molecular weight excluding hydrogens is 326 g/mol. The Morgan fingerprint density at radius 3 is 1.96 bits per heavy atom. The summed E-state index contributed by atoms with van der Waals surface area (Å²) >= 11 is 0. The van der Waals surface area contributed by atoms with Crippen molar-refractivity contribution >= 4 is 0 Å². The maximum Gasteiger partial charge on any atom is 0.270 e. The van der Waals surface area contributed by atoms with Crippen LogP contribution in [0.5, 0.6) is 0 Å². The second-order valence-corrected chi connectivity index (χ2v) is 6.08. The maximum absolute atomic E-state index is 9.98. The van der Waals surface area contributed by atoms with Gasteiger partial charge in [0, 0.05) is 17.2 Å². The zero-order valence-electron chi connectivity index (χ0n) is 17.4. The van der Waals surface area contributed by atoms with Crippen molar-refractivity contribution in [3.05, 3.63) is 59.6 Å². The Labute approximate surface area is 159 Å². The minimum absolute atomic E-state index is 0.290. The smallest absolute Gasteiger partial charge is 0.270 e. The van der Waals surface area contributed by atoms with Crippen LogP contribution in [-0.2, 0) is 0 Å². The van der Waals surface area contributed by atoms with Crippen molar-refractivity contribution in [1.29, 1.82) is 0 Å². The van der Waals surface area contributed by atoms with E-state index < -0.39 is 11.7 Å². The fourth-order valence-corrected chi connectivity index (χ4v) is 1.55. The number of rotatable bonds is 3. The Morgan fingerprint density at radius 1 is 0.962 bits per heavy atom. The van der Waals surface area contributed by atoms with E-state index in [0.717, 1.165) is 11.6 Å². The number of allylic oxidation sites excluding steroid dienone is 8. The van der Waals surface area contributed by atoms with Crippen LogP contribution in [0.3, 0.4) is 0 Å². The summed E-state index contributed by atoms with van der Waals surface area (Å²) in [7, 11) is 0. The molecule has 1 rings (SSSR count). The summed E-state index contributed by atoms with van der Waals surface area (Å²) in [5.41, 5.74) is 1.06. The van der Waals surface area contributed by atoms with Gasteiger partial charge in [0.15, 0.2) is 5.76 Å². The van der Waals surface area contributed by atoms with Crippen LogP contribution in [0, 0.1) is 17.3 Å². The molecular formula is C22H35NO3. The van der Waals surface area contributed by atoms with Gasteiger partial charge in [0.25, 0.3) is 5.91 Å². The van der Waals surface area contributed by atoms with Crippen LogP contribution >= 0.6 is 0 Å². The topological polar surface area (TPSA) is 72.7 Å². The van der Waals surface area contributed by atoms with E-state index in [9.17, 15) is 15.3 Å². The normalized spacial score (nSPS) is 20.5. The van der Waals surface area contributed by atoms with Crippen LogP contribution in [-0.4, -0.2) is 21.2 Å². The summed E-state index contributed by atoms with van der Waals surface area (Å²) in [5.74, 6) is 2.49. The van der Waals surface area contributed by atoms with Gasteiger partial charge in [-0.05, 0) is 45.3 Å². The lowest BCUT2D eigenvalue weighted by atomic mass is 9.98. The highest BCUT2D eigenvalue weighted by atomic mass is 16.5. The summed E-state index contributed by atoms with van der Waals surface area (Å²) in [5, 5.41) is 32.2. The zero-order chi connectivity index (χ0) is 20.8. The standard InChI is InChI=1S/C18H23NO3.2C2H6/c1-14-9-7-5-6-8-10-16(14)19-18(21,22)13-15(20)11-12-17(2,3)4;2*1-2/h5-10,13,19-22H,1-4H3;2*1-2H3/b6-5+,7-5?,8-6?,9-7-,10-8-,14-9?,15-13-,16-10?,16-14-;;. The van der Waals surface area contributed by atoms with E-state index in [-0.39, 0.29) is 5.41 Å². The molecule has 26 heavy (non-hydrogen) atoms. The average molecular weight is 362 g/mol. The number of hydrogen-bond acceptors (Lipinski definition) is 4. The monoisotopic (exact) mass is 361 g/mol. The third-order valence-electron chi connectivity index (χ3n) is 2.59. The molecule has 0 amide bonds. The fourth-order valence-electron chi connectivity index (χ4n) is 1.55. The van der Waals surface area contributed by atoms with Crippen molar-refractivity contribution < 1.29 is 15.3 Å². The molecule has 4 heteroatoms. The molecule has 1 aliphatic carbocycles. The first-order valence-electron chi connectivity index (χ1n) is 8.99. The van der Waals surface area contributed by atoms with E-state index in [1.165, 1.54) is 0 Å². The largest absolute Gasteiger partial charge is 0.501 e. The second-order valence-electron chi connectivity index (χ2n) is 6.08. The minimum atomic E-state index is -2.41. The van der Waals surface area contributed by atoms with Crippen LogP contribution < -0.4 is 5.32 Å². The molecule has 0 fully saturated rings. The van der Waals surface area contributed by atoms with Crippen LogP contribution in [0.25, 0.3) is 0 Å². The highest BCUT2D eigenvalue weighted by Crippen LogP contribution is 2.13. The molecule has 0 aliphatic heterocycles. The van der Waals surface area contributed by atoms with E-state index >= 15 is 0 Å². The van der Waals surface area contributed by atoms with Crippen LogP contribution in [0.4, 0.5) is 0 Å². The SMILES string of the molecule is CC.CC.CC1=C(NC(O)(O)/C=C(\O)C#CC(C)(C)C)\C=C/C=C/C=C\1. The van der Waals surface area contributed by atoms with Crippen LogP contribution in [0.15, 0.2) is 59.6 Å². The fraction of sp³-hybridized carbons (Fsp3) is 0.455. The zero-order valence-corrected chi connectivity index (χ0v) is 17.4. The van der Waals surface area contributed by atoms with E-state index in [4.69, 9.17) is 0 Å². The number of nitrogens with one attached hydrogen (secondary N) is 1. The molecule has 146 valence electrons. The van der Waals surface area contributed by atoms with Gasteiger partial charge in [-0.25, -0.2) is 0 Å². The minimum Gasteiger partial charge on any atom is -0.501 e. The van der Waals surface area contributed by atoms with Crippen molar-refractivity contribution in [2.24, 2.45) is 5.41 Å². The lowest BCUT2D eigenvalue weighted by molar-refractivity contribution is -0.137. The van der Waals surface area contributed by atoms with Crippen molar-refractivity contribution in [3.8, 4) is 11.8 Å². The van der Waals surface area contributed by atoms with E-state index in [1.54, 1.807) is 12.2 Å². The van der Waals surface area contributed by atoms with Crippen molar-refractivity contribution in [2.45, 2.75) is 61.3 Å². The first-order valence-corrected chi connectivity index (χ1v) is 8.99. The molecule has 0 atom stereocenters. The maximum atomic E-state index is 9.98. The Morgan fingerprint density at radius 2 is 1.46 bits per heavy atom. The molecule has 0 spiro atoms. The van der Waals surface area contributed by atoms with Gasteiger partial charge >= 0.3 is 0 Å².